The number of ether oxygens (including phenoxy) is 2. The van der Waals surface area contributed by atoms with Crippen molar-refractivity contribution in [1.29, 1.82) is 0 Å². The molecule has 0 spiro atoms. The molecule has 1 aromatic carbocycles. The molecule has 1 aliphatic rings. The summed E-state index contributed by atoms with van der Waals surface area (Å²) in [5, 5.41) is 3.85. The van der Waals surface area contributed by atoms with Crippen molar-refractivity contribution in [2.75, 3.05) is 13.7 Å². The first-order valence-electron chi connectivity index (χ1n) is 8.45. The monoisotopic (exact) mass is 362 g/mol. The summed E-state index contributed by atoms with van der Waals surface area (Å²) in [5.41, 5.74) is 2.48. The van der Waals surface area contributed by atoms with E-state index in [1.165, 1.54) is 0 Å². The minimum Gasteiger partial charge on any atom is -0.490 e. The van der Waals surface area contributed by atoms with E-state index < -0.39 is 0 Å². The highest BCUT2D eigenvalue weighted by molar-refractivity contribution is 7.80. The fourth-order valence-electron chi connectivity index (χ4n) is 2.87. The second kappa shape index (κ2) is 7.87. The summed E-state index contributed by atoms with van der Waals surface area (Å²) < 4.78 is 11.6. The summed E-state index contributed by atoms with van der Waals surface area (Å²) in [6.07, 6.45) is 0.0500. The van der Waals surface area contributed by atoms with Crippen LogP contribution < -0.4 is 14.8 Å². The van der Waals surface area contributed by atoms with Gasteiger partial charge in [0.2, 0.25) is 0 Å². The Hall–Kier alpha value is -2.08. The van der Waals surface area contributed by atoms with Crippen molar-refractivity contribution < 1.29 is 14.3 Å². The lowest BCUT2D eigenvalue weighted by molar-refractivity contribution is -0.114. The summed E-state index contributed by atoms with van der Waals surface area (Å²) in [6.45, 7) is 9.90. The lowest BCUT2D eigenvalue weighted by Crippen LogP contribution is -2.45. The Balaban J connectivity index is 2.50. The van der Waals surface area contributed by atoms with Crippen molar-refractivity contribution >= 4 is 23.1 Å². The van der Waals surface area contributed by atoms with Crippen LogP contribution in [0.2, 0.25) is 0 Å². The smallest absolute Gasteiger partial charge is 0.173 e. The average molecular weight is 362 g/mol. The number of carbonyl (C=O) groups is 1. The van der Waals surface area contributed by atoms with Crippen LogP contribution in [0.1, 0.15) is 46.2 Å². The van der Waals surface area contributed by atoms with E-state index >= 15 is 0 Å². The number of nitrogens with zero attached hydrogens (tertiary/aromatic N) is 1. The van der Waals surface area contributed by atoms with Gasteiger partial charge >= 0.3 is 0 Å². The fraction of sp³-hybridized carbons (Fsp3) is 0.474. The normalized spacial score (nSPS) is 17.6. The number of hydrogen-bond donors (Lipinski definition) is 1. The number of carbonyl (C=O) groups excluding carboxylic acids is 1. The number of hydrogen-bond acceptors (Lipinski definition) is 4. The standard InChI is InChI=1S/C19H26N2O3S/c1-7-23-16-10-14(8-9-15(16)24-11(2)3)18-17(13(5)22)12(4)21(6)19(25)20-18/h8-11,18H,7H2,1-6H3,(H,20,25). The molecule has 25 heavy (non-hydrogen) atoms. The quantitative estimate of drug-likeness (QED) is 0.781. The summed E-state index contributed by atoms with van der Waals surface area (Å²) in [7, 11) is 1.86. The van der Waals surface area contributed by atoms with E-state index in [4.69, 9.17) is 21.7 Å². The van der Waals surface area contributed by atoms with E-state index in [0.29, 0.717) is 28.8 Å². The number of benzene rings is 1. The van der Waals surface area contributed by atoms with Crippen LogP contribution in [-0.2, 0) is 4.79 Å². The predicted octanol–water partition coefficient (Wildman–Crippen LogP) is 3.60. The topological polar surface area (TPSA) is 50.8 Å². The van der Waals surface area contributed by atoms with Crippen LogP contribution in [0.3, 0.4) is 0 Å². The van der Waals surface area contributed by atoms with E-state index in [0.717, 1.165) is 11.3 Å². The maximum atomic E-state index is 12.2. The zero-order valence-corrected chi connectivity index (χ0v) is 16.5. The van der Waals surface area contributed by atoms with Gasteiger partial charge in [0.05, 0.1) is 18.8 Å². The average Bonchev–Trinajstić information content (AvgIpc) is 2.53. The Morgan fingerprint density at radius 2 is 2.04 bits per heavy atom. The molecule has 0 saturated heterocycles. The van der Waals surface area contributed by atoms with E-state index in [1.807, 2.05) is 57.8 Å². The number of ketones is 1. The highest BCUT2D eigenvalue weighted by atomic mass is 32.1. The third kappa shape index (κ3) is 4.12. The number of Topliss-reactive ketones (excluding diaryl/α,β-unsaturated/α-hetero) is 1. The molecule has 136 valence electrons. The Bertz CT molecular complexity index is 713. The van der Waals surface area contributed by atoms with Gasteiger partial charge < -0.3 is 19.7 Å². The Labute approximate surface area is 155 Å². The summed E-state index contributed by atoms with van der Waals surface area (Å²) in [5.74, 6) is 1.38. The van der Waals surface area contributed by atoms with E-state index in [1.54, 1.807) is 6.92 Å². The van der Waals surface area contributed by atoms with Crippen molar-refractivity contribution in [2.45, 2.75) is 46.8 Å². The van der Waals surface area contributed by atoms with Gasteiger partial charge in [-0.05, 0) is 64.5 Å². The number of rotatable bonds is 6. The van der Waals surface area contributed by atoms with Gasteiger partial charge in [0.15, 0.2) is 22.4 Å². The van der Waals surface area contributed by atoms with Gasteiger partial charge in [-0.3, -0.25) is 4.79 Å². The molecule has 1 atom stereocenters. The van der Waals surface area contributed by atoms with Crippen LogP contribution in [-0.4, -0.2) is 35.6 Å². The third-order valence-electron chi connectivity index (χ3n) is 4.10. The molecule has 1 unspecified atom stereocenters. The predicted molar refractivity (Wildman–Crippen MR) is 103 cm³/mol. The molecule has 1 heterocycles. The minimum absolute atomic E-state index is 0.0183. The van der Waals surface area contributed by atoms with Gasteiger partial charge in [0.25, 0.3) is 0 Å². The van der Waals surface area contributed by atoms with Crippen molar-refractivity contribution in [1.82, 2.24) is 10.2 Å². The van der Waals surface area contributed by atoms with Gasteiger partial charge in [-0.2, -0.15) is 0 Å². The highest BCUT2D eigenvalue weighted by Gasteiger charge is 2.31. The molecule has 1 aliphatic heterocycles. The number of nitrogens with one attached hydrogen (secondary N) is 1. The molecule has 5 nitrogen and oxygen atoms in total. The van der Waals surface area contributed by atoms with Crippen LogP contribution in [0.15, 0.2) is 29.5 Å². The third-order valence-corrected chi connectivity index (χ3v) is 4.49. The lowest BCUT2D eigenvalue weighted by Gasteiger charge is -2.35. The van der Waals surface area contributed by atoms with Crippen molar-refractivity contribution in [3.05, 3.63) is 35.0 Å². The maximum absolute atomic E-state index is 12.2. The largest absolute Gasteiger partial charge is 0.490 e. The molecular formula is C19H26N2O3S. The Morgan fingerprint density at radius 1 is 1.36 bits per heavy atom. The van der Waals surface area contributed by atoms with Crippen LogP contribution in [0.5, 0.6) is 11.5 Å². The molecule has 1 N–H and O–H groups in total. The SMILES string of the molecule is CCOc1cc(C2NC(=S)N(C)C(C)=C2C(C)=O)ccc1OC(C)C. The first-order chi connectivity index (χ1) is 11.8. The summed E-state index contributed by atoms with van der Waals surface area (Å²) in [6, 6.07) is 5.45. The first kappa shape index (κ1) is 19.2. The van der Waals surface area contributed by atoms with E-state index in [9.17, 15) is 4.79 Å². The maximum Gasteiger partial charge on any atom is 0.173 e. The molecule has 0 fully saturated rings. The van der Waals surface area contributed by atoms with Gasteiger partial charge in [-0.1, -0.05) is 6.07 Å². The van der Waals surface area contributed by atoms with Gasteiger partial charge in [0.1, 0.15) is 0 Å². The molecule has 0 amide bonds. The molecule has 0 aromatic heterocycles. The van der Waals surface area contributed by atoms with E-state index in [-0.39, 0.29) is 17.9 Å². The second-order valence-corrected chi connectivity index (χ2v) is 6.69. The van der Waals surface area contributed by atoms with Crippen LogP contribution in [0.25, 0.3) is 0 Å². The minimum atomic E-state index is -0.298. The fourth-order valence-corrected chi connectivity index (χ4v) is 3.12. The van der Waals surface area contributed by atoms with E-state index in [2.05, 4.69) is 5.32 Å². The van der Waals surface area contributed by atoms with Crippen molar-refractivity contribution in [2.24, 2.45) is 0 Å². The molecule has 2 rings (SSSR count). The molecular weight excluding hydrogens is 336 g/mol. The molecule has 6 heteroatoms. The zero-order chi connectivity index (χ0) is 18.7. The molecule has 0 saturated carbocycles. The van der Waals surface area contributed by atoms with Crippen molar-refractivity contribution in [3.63, 3.8) is 0 Å². The number of allylic oxidation sites excluding steroid dienone is 1. The van der Waals surface area contributed by atoms with Crippen LogP contribution in [0, 0.1) is 0 Å². The van der Waals surface area contributed by atoms with Crippen LogP contribution in [0.4, 0.5) is 0 Å². The lowest BCUT2D eigenvalue weighted by atomic mass is 9.92. The number of thiocarbonyl (C=S) groups is 1. The van der Waals surface area contributed by atoms with Crippen molar-refractivity contribution in [3.8, 4) is 11.5 Å². The van der Waals surface area contributed by atoms with Gasteiger partial charge in [-0.15, -0.1) is 0 Å². The summed E-state index contributed by atoms with van der Waals surface area (Å²) >= 11 is 5.40. The molecule has 0 aliphatic carbocycles. The van der Waals surface area contributed by atoms with Gasteiger partial charge in [0, 0.05) is 18.3 Å². The molecule has 1 aromatic rings. The first-order valence-corrected chi connectivity index (χ1v) is 8.86. The Morgan fingerprint density at radius 3 is 2.60 bits per heavy atom. The Kier molecular flexibility index (Phi) is 6.06. The highest BCUT2D eigenvalue weighted by Crippen LogP contribution is 2.36. The molecule has 0 radical (unpaired) electrons. The second-order valence-electron chi connectivity index (χ2n) is 6.30. The zero-order valence-electron chi connectivity index (χ0n) is 15.7. The molecule has 0 bridgehead atoms. The van der Waals surface area contributed by atoms with Gasteiger partial charge in [-0.25, -0.2) is 0 Å². The summed E-state index contributed by atoms with van der Waals surface area (Å²) in [4.78, 5) is 14.1. The van der Waals surface area contributed by atoms with Crippen LogP contribution >= 0.6 is 12.2 Å².